The number of nitrogens with one attached hydrogen (secondary N) is 2. The fourth-order valence-electron chi connectivity index (χ4n) is 2.02. The molecular weight excluding hydrogens is 242 g/mol. The van der Waals surface area contributed by atoms with Crippen LogP contribution in [0.1, 0.15) is 30.6 Å². The summed E-state index contributed by atoms with van der Waals surface area (Å²) in [6.45, 7) is 4.35. The lowest BCUT2D eigenvalue weighted by atomic mass is 10.1. The molecule has 1 unspecified atom stereocenters. The Kier molecular flexibility index (Phi) is 4.16. The second-order valence-electron chi connectivity index (χ2n) is 5.13. The molecule has 1 aromatic heterocycles. The van der Waals surface area contributed by atoms with Gasteiger partial charge >= 0.3 is 0 Å². The lowest BCUT2D eigenvalue weighted by molar-refractivity contribution is 0.0900. The summed E-state index contributed by atoms with van der Waals surface area (Å²) in [5, 5.41) is 12.5. The molecule has 0 aliphatic rings. The van der Waals surface area contributed by atoms with Crippen LogP contribution in [0.5, 0.6) is 0 Å². The van der Waals surface area contributed by atoms with Gasteiger partial charge in [-0.15, -0.1) is 0 Å². The molecule has 19 heavy (non-hydrogen) atoms. The molecule has 0 radical (unpaired) electrons. The number of imidazole rings is 1. The highest BCUT2D eigenvalue weighted by molar-refractivity contribution is 5.97. The minimum Gasteiger partial charge on any atom is -0.391 e. The lowest BCUT2D eigenvalue weighted by Crippen LogP contribution is -2.32. The second kappa shape index (κ2) is 5.84. The summed E-state index contributed by atoms with van der Waals surface area (Å²) in [5.74, 6) is 0.229. The number of nitrogens with zero attached hydrogens (tertiary/aromatic N) is 1. The molecule has 3 N–H and O–H groups in total. The predicted molar refractivity (Wildman–Crippen MR) is 73.9 cm³/mol. The monoisotopic (exact) mass is 261 g/mol. The SMILES string of the molecule is CC(C)CC(O)CNC(=O)c1ccc2nc[nH]c2c1. The molecule has 1 amide bonds. The molecule has 0 bridgehead atoms. The first-order chi connectivity index (χ1) is 9.06. The van der Waals surface area contributed by atoms with Crippen molar-refractivity contribution < 1.29 is 9.90 Å². The number of aliphatic hydroxyl groups excluding tert-OH is 1. The van der Waals surface area contributed by atoms with Crippen molar-refractivity contribution >= 4 is 16.9 Å². The molecule has 1 aromatic carbocycles. The maximum absolute atomic E-state index is 11.9. The van der Waals surface area contributed by atoms with Crippen molar-refractivity contribution in [1.82, 2.24) is 15.3 Å². The van der Waals surface area contributed by atoms with E-state index in [0.717, 1.165) is 11.0 Å². The number of hydrogen-bond donors (Lipinski definition) is 3. The van der Waals surface area contributed by atoms with E-state index in [2.05, 4.69) is 15.3 Å². The molecule has 0 spiro atoms. The third-order valence-corrected chi connectivity index (χ3v) is 2.92. The predicted octanol–water partition coefficient (Wildman–Crippen LogP) is 1.70. The van der Waals surface area contributed by atoms with E-state index >= 15 is 0 Å². The largest absolute Gasteiger partial charge is 0.391 e. The molecule has 5 heteroatoms. The van der Waals surface area contributed by atoms with E-state index in [0.29, 0.717) is 17.9 Å². The number of amides is 1. The number of rotatable bonds is 5. The molecule has 102 valence electrons. The molecule has 0 saturated carbocycles. The van der Waals surface area contributed by atoms with Crippen LogP contribution in [0.4, 0.5) is 0 Å². The van der Waals surface area contributed by atoms with Crippen molar-refractivity contribution in [3.8, 4) is 0 Å². The van der Waals surface area contributed by atoms with Gasteiger partial charge < -0.3 is 15.4 Å². The highest BCUT2D eigenvalue weighted by Crippen LogP contribution is 2.11. The number of hydrogen-bond acceptors (Lipinski definition) is 3. The summed E-state index contributed by atoms with van der Waals surface area (Å²) in [6.07, 6.45) is 1.78. The number of benzene rings is 1. The van der Waals surface area contributed by atoms with Gasteiger partial charge in [-0.1, -0.05) is 13.8 Å². The Labute approximate surface area is 112 Å². The summed E-state index contributed by atoms with van der Waals surface area (Å²) in [6, 6.07) is 5.28. The molecule has 2 aromatic rings. The van der Waals surface area contributed by atoms with Crippen LogP contribution in [0.15, 0.2) is 24.5 Å². The second-order valence-corrected chi connectivity index (χ2v) is 5.13. The number of fused-ring (bicyclic) bond motifs is 1. The van der Waals surface area contributed by atoms with Gasteiger partial charge in [-0.25, -0.2) is 4.98 Å². The Morgan fingerprint density at radius 3 is 3.00 bits per heavy atom. The van der Waals surface area contributed by atoms with Crippen LogP contribution >= 0.6 is 0 Å². The minimum absolute atomic E-state index is 0.181. The van der Waals surface area contributed by atoms with Gasteiger partial charge in [0.15, 0.2) is 0 Å². The molecule has 5 nitrogen and oxygen atoms in total. The Balaban J connectivity index is 1.95. The highest BCUT2D eigenvalue weighted by atomic mass is 16.3. The summed E-state index contributed by atoms with van der Waals surface area (Å²) in [5.41, 5.74) is 2.22. The molecule has 2 rings (SSSR count). The van der Waals surface area contributed by atoms with Gasteiger partial charge in [0.05, 0.1) is 23.5 Å². The van der Waals surface area contributed by atoms with Crippen molar-refractivity contribution in [3.63, 3.8) is 0 Å². The van der Waals surface area contributed by atoms with Gasteiger partial charge in [0.1, 0.15) is 0 Å². The number of aromatic amines is 1. The van der Waals surface area contributed by atoms with Gasteiger partial charge in [0.2, 0.25) is 0 Å². The molecule has 0 fully saturated rings. The molecule has 0 aliphatic carbocycles. The van der Waals surface area contributed by atoms with Crippen LogP contribution in [-0.4, -0.2) is 33.6 Å². The van der Waals surface area contributed by atoms with E-state index in [1.54, 1.807) is 24.5 Å². The van der Waals surface area contributed by atoms with Crippen molar-refractivity contribution in [3.05, 3.63) is 30.1 Å². The summed E-state index contributed by atoms with van der Waals surface area (Å²) >= 11 is 0. The molecule has 0 aliphatic heterocycles. The third kappa shape index (κ3) is 3.54. The van der Waals surface area contributed by atoms with Gasteiger partial charge in [-0.2, -0.15) is 0 Å². The molecular formula is C14H19N3O2. The maximum Gasteiger partial charge on any atom is 0.251 e. The number of carbonyl (C=O) groups is 1. The van der Waals surface area contributed by atoms with Crippen LogP contribution in [0.25, 0.3) is 11.0 Å². The van der Waals surface area contributed by atoms with Crippen molar-refractivity contribution in [2.24, 2.45) is 5.92 Å². The van der Waals surface area contributed by atoms with Crippen LogP contribution in [-0.2, 0) is 0 Å². The number of aromatic nitrogens is 2. The lowest BCUT2D eigenvalue weighted by Gasteiger charge is -2.13. The van der Waals surface area contributed by atoms with E-state index in [1.165, 1.54) is 0 Å². The normalized spacial score (nSPS) is 12.8. The Hall–Kier alpha value is -1.88. The first-order valence-electron chi connectivity index (χ1n) is 6.45. The van der Waals surface area contributed by atoms with E-state index in [-0.39, 0.29) is 12.5 Å². The van der Waals surface area contributed by atoms with Crippen LogP contribution in [0.2, 0.25) is 0 Å². The molecule has 1 heterocycles. The Morgan fingerprint density at radius 2 is 2.26 bits per heavy atom. The van der Waals surface area contributed by atoms with Crippen LogP contribution < -0.4 is 5.32 Å². The first-order valence-corrected chi connectivity index (χ1v) is 6.45. The zero-order valence-corrected chi connectivity index (χ0v) is 11.2. The average Bonchev–Trinajstić information content (AvgIpc) is 2.82. The van der Waals surface area contributed by atoms with Gasteiger partial charge in [0, 0.05) is 12.1 Å². The van der Waals surface area contributed by atoms with E-state index < -0.39 is 6.10 Å². The number of aliphatic hydroxyl groups is 1. The van der Waals surface area contributed by atoms with E-state index in [9.17, 15) is 9.90 Å². The summed E-state index contributed by atoms with van der Waals surface area (Å²) in [7, 11) is 0. The molecule has 1 atom stereocenters. The smallest absolute Gasteiger partial charge is 0.251 e. The third-order valence-electron chi connectivity index (χ3n) is 2.92. The fraction of sp³-hybridized carbons (Fsp3) is 0.429. The zero-order valence-electron chi connectivity index (χ0n) is 11.2. The van der Waals surface area contributed by atoms with Crippen molar-refractivity contribution in [2.75, 3.05) is 6.54 Å². The zero-order chi connectivity index (χ0) is 13.8. The Morgan fingerprint density at radius 1 is 1.47 bits per heavy atom. The van der Waals surface area contributed by atoms with Crippen LogP contribution in [0, 0.1) is 5.92 Å². The number of carbonyl (C=O) groups excluding carboxylic acids is 1. The standard InChI is InChI=1S/C14H19N3O2/c1-9(2)5-11(18)7-15-14(19)10-3-4-12-13(6-10)17-8-16-12/h3-4,6,8-9,11,18H,5,7H2,1-2H3,(H,15,19)(H,16,17). The fourth-order valence-corrected chi connectivity index (χ4v) is 2.02. The number of H-pyrrole nitrogens is 1. The van der Waals surface area contributed by atoms with Gasteiger partial charge in [0.25, 0.3) is 5.91 Å². The van der Waals surface area contributed by atoms with Gasteiger partial charge in [-0.05, 0) is 30.5 Å². The minimum atomic E-state index is -0.500. The Bertz CT molecular complexity index is 563. The van der Waals surface area contributed by atoms with Crippen molar-refractivity contribution in [2.45, 2.75) is 26.4 Å². The average molecular weight is 261 g/mol. The quantitative estimate of drug-likeness (QED) is 0.766. The van der Waals surface area contributed by atoms with E-state index in [4.69, 9.17) is 0 Å². The summed E-state index contributed by atoms with van der Waals surface area (Å²) in [4.78, 5) is 19.0. The summed E-state index contributed by atoms with van der Waals surface area (Å²) < 4.78 is 0. The highest BCUT2D eigenvalue weighted by Gasteiger charge is 2.11. The topological polar surface area (TPSA) is 78.0 Å². The van der Waals surface area contributed by atoms with Crippen molar-refractivity contribution in [1.29, 1.82) is 0 Å². The van der Waals surface area contributed by atoms with Gasteiger partial charge in [-0.3, -0.25) is 4.79 Å². The molecule has 0 saturated heterocycles. The maximum atomic E-state index is 11.9. The van der Waals surface area contributed by atoms with E-state index in [1.807, 2.05) is 13.8 Å². The first kappa shape index (κ1) is 13.5. The van der Waals surface area contributed by atoms with Crippen LogP contribution in [0.3, 0.4) is 0 Å².